The van der Waals surface area contributed by atoms with Crippen molar-refractivity contribution in [1.82, 2.24) is 10.2 Å². The van der Waals surface area contributed by atoms with E-state index in [1.807, 2.05) is 7.05 Å². The van der Waals surface area contributed by atoms with E-state index in [2.05, 4.69) is 37.1 Å². The van der Waals surface area contributed by atoms with Gasteiger partial charge >= 0.3 is 0 Å². The molecule has 1 aliphatic carbocycles. The van der Waals surface area contributed by atoms with Crippen molar-refractivity contribution < 1.29 is 0 Å². The first-order valence-corrected chi connectivity index (χ1v) is 7.44. The normalized spacial score (nSPS) is 27.9. The molecule has 3 nitrogen and oxygen atoms in total. The lowest BCUT2D eigenvalue weighted by Gasteiger charge is -2.33. The molecule has 2 unspecified atom stereocenters. The van der Waals surface area contributed by atoms with E-state index in [1.165, 1.54) is 25.8 Å². The van der Waals surface area contributed by atoms with Crippen molar-refractivity contribution in [2.75, 3.05) is 13.6 Å². The average molecular weight is 251 g/mol. The van der Waals surface area contributed by atoms with E-state index in [0.29, 0.717) is 12.1 Å². The summed E-state index contributed by atoms with van der Waals surface area (Å²) in [4.78, 5) is 2.60. The van der Waals surface area contributed by atoms with Crippen LogP contribution < -0.4 is 5.32 Å². The summed E-state index contributed by atoms with van der Waals surface area (Å²) in [7, 11) is 1.92. The average Bonchev–Trinajstić information content (AvgIpc) is 2.79. The summed E-state index contributed by atoms with van der Waals surface area (Å²) in [6, 6.07) is 3.64. The number of unbranched alkanes of at least 4 members (excludes halogenated alkanes) is 2. The van der Waals surface area contributed by atoms with E-state index in [0.717, 1.165) is 19.3 Å². The van der Waals surface area contributed by atoms with Gasteiger partial charge in [0.05, 0.1) is 6.07 Å². The van der Waals surface area contributed by atoms with Crippen LogP contribution in [0.4, 0.5) is 0 Å². The van der Waals surface area contributed by atoms with E-state index < -0.39 is 0 Å². The smallest absolute Gasteiger partial charge is 0.108 e. The highest BCUT2D eigenvalue weighted by Crippen LogP contribution is 2.33. The molecule has 0 amide bonds. The zero-order valence-corrected chi connectivity index (χ0v) is 12.5. The molecule has 1 rings (SSSR count). The van der Waals surface area contributed by atoms with E-state index in [9.17, 15) is 5.26 Å². The maximum atomic E-state index is 9.34. The van der Waals surface area contributed by atoms with Crippen LogP contribution in [0.5, 0.6) is 0 Å². The molecular weight excluding hydrogens is 222 g/mol. The molecule has 2 atom stereocenters. The number of hydrogen-bond acceptors (Lipinski definition) is 3. The second-order valence-electron chi connectivity index (χ2n) is 5.88. The molecule has 0 aromatic heterocycles. The summed E-state index contributed by atoms with van der Waals surface area (Å²) in [6.45, 7) is 7.98. The fourth-order valence-corrected chi connectivity index (χ4v) is 3.09. The zero-order valence-electron chi connectivity index (χ0n) is 12.5. The first-order valence-electron chi connectivity index (χ1n) is 7.44. The van der Waals surface area contributed by atoms with Crippen LogP contribution in [0.25, 0.3) is 0 Å². The molecule has 0 heterocycles. The lowest BCUT2D eigenvalue weighted by atomic mass is 9.99. The Kier molecular flexibility index (Phi) is 6.11. The summed E-state index contributed by atoms with van der Waals surface area (Å²) in [6.07, 6.45) is 6.98. The van der Waals surface area contributed by atoms with Crippen molar-refractivity contribution >= 4 is 0 Å². The maximum absolute atomic E-state index is 9.34. The lowest BCUT2D eigenvalue weighted by molar-refractivity contribution is 0.148. The zero-order chi connectivity index (χ0) is 13.6. The van der Waals surface area contributed by atoms with Crippen LogP contribution in [-0.4, -0.2) is 36.1 Å². The predicted molar refractivity (Wildman–Crippen MR) is 76.4 cm³/mol. The molecule has 0 spiro atoms. The van der Waals surface area contributed by atoms with Gasteiger partial charge in [0.25, 0.3) is 0 Å². The van der Waals surface area contributed by atoms with Crippen molar-refractivity contribution in [3.63, 3.8) is 0 Å². The van der Waals surface area contributed by atoms with Gasteiger partial charge in [-0.3, -0.25) is 4.90 Å². The highest BCUT2D eigenvalue weighted by molar-refractivity contribution is 5.13. The topological polar surface area (TPSA) is 39.1 Å². The number of rotatable bonds is 7. The van der Waals surface area contributed by atoms with Crippen LogP contribution in [0.2, 0.25) is 0 Å². The van der Waals surface area contributed by atoms with Gasteiger partial charge in [-0.15, -0.1) is 0 Å². The van der Waals surface area contributed by atoms with E-state index in [-0.39, 0.29) is 5.54 Å². The van der Waals surface area contributed by atoms with Crippen LogP contribution >= 0.6 is 0 Å². The molecule has 0 aliphatic heterocycles. The Labute approximate surface area is 113 Å². The second-order valence-corrected chi connectivity index (χ2v) is 5.88. The third-order valence-electron chi connectivity index (χ3n) is 4.33. The monoisotopic (exact) mass is 251 g/mol. The van der Waals surface area contributed by atoms with Crippen LogP contribution in [0.3, 0.4) is 0 Å². The van der Waals surface area contributed by atoms with Crippen molar-refractivity contribution in [2.45, 2.75) is 76.9 Å². The Balaban J connectivity index is 2.58. The first kappa shape index (κ1) is 15.5. The fraction of sp³-hybridized carbons (Fsp3) is 0.933. The first-order chi connectivity index (χ1) is 8.58. The summed E-state index contributed by atoms with van der Waals surface area (Å²) in [5, 5.41) is 12.6. The quantitative estimate of drug-likeness (QED) is 0.707. The van der Waals surface area contributed by atoms with Gasteiger partial charge < -0.3 is 5.32 Å². The molecule has 0 aromatic rings. The van der Waals surface area contributed by atoms with Crippen LogP contribution in [0.1, 0.15) is 59.3 Å². The largest absolute Gasteiger partial charge is 0.302 e. The summed E-state index contributed by atoms with van der Waals surface area (Å²) >= 11 is 0. The standard InChI is InChI=1S/C15H29N3/c1-5-6-7-10-18(13(2)3)14-8-9-15(11-14,12-16)17-4/h13-14,17H,5-11H2,1-4H3. The third kappa shape index (κ3) is 3.70. The Hall–Kier alpha value is -0.590. The third-order valence-corrected chi connectivity index (χ3v) is 4.33. The van der Waals surface area contributed by atoms with Gasteiger partial charge in [0.1, 0.15) is 5.54 Å². The molecule has 1 saturated carbocycles. The summed E-state index contributed by atoms with van der Waals surface area (Å²) < 4.78 is 0. The number of nitrogens with one attached hydrogen (secondary N) is 1. The van der Waals surface area contributed by atoms with Gasteiger partial charge in [0, 0.05) is 12.1 Å². The van der Waals surface area contributed by atoms with Gasteiger partial charge in [-0.1, -0.05) is 19.8 Å². The number of nitrogens with zero attached hydrogens (tertiary/aromatic N) is 2. The lowest BCUT2D eigenvalue weighted by Crippen LogP contribution is -2.44. The Morgan fingerprint density at radius 3 is 2.61 bits per heavy atom. The van der Waals surface area contributed by atoms with Gasteiger partial charge in [-0.05, 0) is 53.1 Å². The molecule has 0 aromatic carbocycles. The molecule has 0 bridgehead atoms. The molecule has 3 heteroatoms. The van der Waals surface area contributed by atoms with Crippen molar-refractivity contribution in [3.8, 4) is 6.07 Å². The minimum absolute atomic E-state index is 0.275. The SMILES string of the molecule is CCCCCN(C(C)C)C1CCC(C#N)(NC)C1. The minimum atomic E-state index is -0.275. The molecule has 104 valence electrons. The van der Waals surface area contributed by atoms with Crippen LogP contribution in [0, 0.1) is 11.3 Å². The Morgan fingerprint density at radius 1 is 1.44 bits per heavy atom. The van der Waals surface area contributed by atoms with Gasteiger partial charge in [-0.25, -0.2) is 0 Å². The van der Waals surface area contributed by atoms with Crippen molar-refractivity contribution in [1.29, 1.82) is 5.26 Å². The van der Waals surface area contributed by atoms with Crippen molar-refractivity contribution in [3.05, 3.63) is 0 Å². The van der Waals surface area contributed by atoms with Crippen LogP contribution in [-0.2, 0) is 0 Å². The highest BCUT2D eigenvalue weighted by atomic mass is 15.2. The van der Waals surface area contributed by atoms with Gasteiger partial charge in [0.15, 0.2) is 0 Å². The highest BCUT2D eigenvalue weighted by Gasteiger charge is 2.40. The van der Waals surface area contributed by atoms with Crippen molar-refractivity contribution in [2.24, 2.45) is 0 Å². The van der Waals surface area contributed by atoms with E-state index >= 15 is 0 Å². The van der Waals surface area contributed by atoms with E-state index in [1.54, 1.807) is 0 Å². The minimum Gasteiger partial charge on any atom is -0.302 e. The molecule has 1 N–H and O–H groups in total. The van der Waals surface area contributed by atoms with Crippen LogP contribution in [0.15, 0.2) is 0 Å². The molecular formula is C15H29N3. The maximum Gasteiger partial charge on any atom is 0.108 e. The molecule has 0 radical (unpaired) electrons. The van der Waals surface area contributed by atoms with Gasteiger partial charge in [0.2, 0.25) is 0 Å². The summed E-state index contributed by atoms with van der Waals surface area (Å²) in [5.74, 6) is 0. The van der Waals surface area contributed by atoms with E-state index in [4.69, 9.17) is 0 Å². The summed E-state index contributed by atoms with van der Waals surface area (Å²) in [5.41, 5.74) is -0.275. The number of hydrogen-bond donors (Lipinski definition) is 1. The molecule has 1 aliphatic rings. The Morgan fingerprint density at radius 2 is 2.17 bits per heavy atom. The second kappa shape index (κ2) is 7.11. The number of nitriles is 1. The molecule has 0 saturated heterocycles. The fourth-order valence-electron chi connectivity index (χ4n) is 3.09. The predicted octanol–water partition coefficient (Wildman–Crippen LogP) is 2.92. The Bertz CT molecular complexity index is 282. The molecule has 18 heavy (non-hydrogen) atoms. The molecule has 1 fully saturated rings. The van der Waals surface area contributed by atoms with Gasteiger partial charge in [-0.2, -0.15) is 5.26 Å².